The monoisotopic (exact) mass is 224 g/mol. The van der Waals surface area contributed by atoms with Gasteiger partial charge in [-0.1, -0.05) is 6.07 Å². The molecule has 0 fully saturated rings. The molecule has 0 saturated heterocycles. The lowest BCUT2D eigenvalue weighted by Gasteiger charge is -2.22. The molecule has 0 aliphatic heterocycles. The largest absolute Gasteiger partial charge is 0.508 e. The number of phenolic OH excluding ortho intramolecular Hbond substituents is 1. The van der Waals surface area contributed by atoms with Gasteiger partial charge in [0.1, 0.15) is 5.75 Å². The smallest absolute Gasteiger partial charge is 0.122 e. The summed E-state index contributed by atoms with van der Waals surface area (Å²) in [5, 5.41) is 18.8. The van der Waals surface area contributed by atoms with Gasteiger partial charge in [-0.15, -0.1) is 0 Å². The second-order valence-corrected chi connectivity index (χ2v) is 3.70. The fourth-order valence-corrected chi connectivity index (χ4v) is 1.73. The Labute approximate surface area is 96.3 Å². The van der Waals surface area contributed by atoms with Gasteiger partial charge in [0.05, 0.1) is 12.6 Å². The summed E-state index contributed by atoms with van der Waals surface area (Å²) in [6.45, 7) is 5.74. The van der Waals surface area contributed by atoms with Crippen molar-refractivity contribution in [2.75, 3.05) is 24.6 Å². The first-order valence-corrected chi connectivity index (χ1v) is 5.58. The van der Waals surface area contributed by atoms with E-state index in [0.717, 1.165) is 18.8 Å². The number of hydrogen-bond donors (Lipinski definition) is 3. The number of aliphatic hydroxyl groups is 1. The predicted molar refractivity (Wildman–Crippen MR) is 65.7 cm³/mol. The van der Waals surface area contributed by atoms with Gasteiger partial charge in [-0.05, 0) is 19.9 Å². The molecule has 16 heavy (non-hydrogen) atoms. The minimum atomic E-state index is -0.522. The van der Waals surface area contributed by atoms with Crippen molar-refractivity contribution in [2.45, 2.75) is 19.9 Å². The summed E-state index contributed by atoms with van der Waals surface area (Å²) in [6.07, 6.45) is 0. The summed E-state index contributed by atoms with van der Waals surface area (Å²) >= 11 is 0. The molecule has 0 heterocycles. The first-order valence-electron chi connectivity index (χ1n) is 5.58. The molecule has 1 atom stereocenters. The third-order valence-electron chi connectivity index (χ3n) is 2.74. The van der Waals surface area contributed by atoms with Gasteiger partial charge >= 0.3 is 0 Å². The van der Waals surface area contributed by atoms with Gasteiger partial charge in [0.15, 0.2) is 0 Å². The van der Waals surface area contributed by atoms with Crippen LogP contribution in [-0.2, 0) is 0 Å². The van der Waals surface area contributed by atoms with Crippen molar-refractivity contribution in [3.8, 4) is 5.75 Å². The van der Waals surface area contributed by atoms with E-state index in [1.54, 1.807) is 12.1 Å². The highest BCUT2D eigenvalue weighted by Gasteiger charge is 2.11. The third-order valence-corrected chi connectivity index (χ3v) is 2.74. The standard InChI is InChI=1S/C12H20N2O2/c1-3-14(4-2)9-5-6-10(11(13)8-15)12(16)7-9/h5-7,11,15-16H,3-4,8,13H2,1-2H3/t11-/m0/s1. The van der Waals surface area contributed by atoms with Gasteiger partial charge in [-0.25, -0.2) is 0 Å². The lowest BCUT2D eigenvalue weighted by Crippen LogP contribution is -2.22. The van der Waals surface area contributed by atoms with Crippen LogP contribution >= 0.6 is 0 Å². The molecule has 0 aliphatic carbocycles. The highest BCUT2D eigenvalue weighted by molar-refractivity contribution is 5.54. The molecule has 1 aromatic carbocycles. The van der Waals surface area contributed by atoms with Gasteiger partial charge in [-0.3, -0.25) is 0 Å². The van der Waals surface area contributed by atoms with Crippen molar-refractivity contribution in [1.82, 2.24) is 0 Å². The van der Waals surface area contributed by atoms with Crippen LogP contribution in [0.3, 0.4) is 0 Å². The molecule has 0 aromatic heterocycles. The van der Waals surface area contributed by atoms with Crippen LogP contribution in [0.2, 0.25) is 0 Å². The van der Waals surface area contributed by atoms with Crippen molar-refractivity contribution in [3.05, 3.63) is 23.8 Å². The molecule has 4 nitrogen and oxygen atoms in total. The van der Waals surface area contributed by atoms with Gasteiger partial charge in [-0.2, -0.15) is 0 Å². The molecule has 1 aromatic rings. The molecule has 4 heteroatoms. The summed E-state index contributed by atoms with van der Waals surface area (Å²) in [5.74, 6) is 0.144. The van der Waals surface area contributed by atoms with Crippen molar-refractivity contribution in [3.63, 3.8) is 0 Å². The molecule has 0 amide bonds. The van der Waals surface area contributed by atoms with Crippen LogP contribution in [0.1, 0.15) is 25.5 Å². The van der Waals surface area contributed by atoms with Crippen LogP contribution in [0.15, 0.2) is 18.2 Å². The Morgan fingerprint density at radius 2 is 1.94 bits per heavy atom. The molecule has 0 unspecified atom stereocenters. The van der Waals surface area contributed by atoms with E-state index in [1.807, 2.05) is 6.07 Å². The summed E-state index contributed by atoms with van der Waals surface area (Å²) < 4.78 is 0. The quantitative estimate of drug-likeness (QED) is 0.703. The molecule has 0 aliphatic rings. The van der Waals surface area contributed by atoms with E-state index < -0.39 is 6.04 Å². The maximum atomic E-state index is 9.82. The van der Waals surface area contributed by atoms with Gasteiger partial charge in [0, 0.05) is 30.4 Å². The third kappa shape index (κ3) is 2.65. The van der Waals surface area contributed by atoms with Crippen LogP contribution in [0, 0.1) is 0 Å². The van der Waals surface area contributed by atoms with E-state index in [9.17, 15) is 5.11 Å². The van der Waals surface area contributed by atoms with E-state index >= 15 is 0 Å². The topological polar surface area (TPSA) is 69.7 Å². The number of phenols is 1. The number of hydrogen-bond acceptors (Lipinski definition) is 4. The molecule has 0 spiro atoms. The van der Waals surface area contributed by atoms with E-state index in [2.05, 4.69) is 18.7 Å². The molecule has 1 rings (SSSR count). The number of aliphatic hydroxyl groups excluding tert-OH is 1. The average molecular weight is 224 g/mol. The molecular weight excluding hydrogens is 204 g/mol. The number of benzene rings is 1. The SMILES string of the molecule is CCN(CC)c1ccc([C@@H](N)CO)c(O)c1. The van der Waals surface area contributed by atoms with Crippen LogP contribution in [0.25, 0.3) is 0 Å². The zero-order chi connectivity index (χ0) is 12.1. The fourth-order valence-electron chi connectivity index (χ4n) is 1.73. The number of nitrogens with two attached hydrogens (primary N) is 1. The lowest BCUT2D eigenvalue weighted by atomic mass is 10.1. The van der Waals surface area contributed by atoms with Gasteiger partial charge in [0.2, 0.25) is 0 Å². The van der Waals surface area contributed by atoms with Crippen LogP contribution < -0.4 is 10.6 Å². The molecule has 90 valence electrons. The number of rotatable bonds is 5. The maximum absolute atomic E-state index is 9.82. The lowest BCUT2D eigenvalue weighted by molar-refractivity contribution is 0.265. The van der Waals surface area contributed by atoms with Gasteiger partial charge < -0.3 is 20.8 Å². The van der Waals surface area contributed by atoms with E-state index in [4.69, 9.17) is 10.8 Å². The van der Waals surface area contributed by atoms with Crippen LogP contribution in [0.5, 0.6) is 5.75 Å². The Kier molecular flexibility index (Phi) is 4.58. The van der Waals surface area contributed by atoms with Crippen molar-refractivity contribution >= 4 is 5.69 Å². The van der Waals surface area contributed by atoms with E-state index in [0.29, 0.717) is 5.56 Å². The minimum absolute atomic E-state index is 0.144. The molecular formula is C12H20N2O2. The first-order chi connectivity index (χ1) is 7.63. The van der Waals surface area contributed by atoms with Crippen LogP contribution in [-0.4, -0.2) is 29.9 Å². The predicted octanol–water partition coefficient (Wildman–Crippen LogP) is 1.23. The zero-order valence-electron chi connectivity index (χ0n) is 9.85. The number of anilines is 1. The zero-order valence-corrected chi connectivity index (χ0v) is 9.85. The Bertz CT molecular complexity index is 338. The van der Waals surface area contributed by atoms with Crippen molar-refractivity contribution < 1.29 is 10.2 Å². The van der Waals surface area contributed by atoms with Crippen LogP contribution in [0.4, 0.5) is 5.69 Å². The minimum Gasteiger partial charge on any atom is -0.508 e. The Hall–Kier alpha value is -1.26. The van der Waals surface area contributed by atoms with E-state index in [-0.39, 0.29) is 12.4 Å². The van der Waals surface area contributed by atoms with Crippen molar-refractivity contribution in [2.24, 2.45) is 5.73 Å². The summed E-state index contributed by atoms with van der Waals surface area (Å²) in [7, 11) is 0. The second-order valence-electron chi connectivity index (χ2n) is 3.70. The highest BCUT2D eigenvalue weighted by atomic mass is 16.3. The summed E-state index contributed by atoms with van der Waals surface area (Å²) in [5.41, 5.74) is 7.21. The molecule has 0 saturated carbocycles. The Morgan fingerprint density at radius 1 is 1.31 bits per heavy atom. The number of nitrogens with zero attached hydrogens (tertiary/aromatic N) is 1. The molecule has 0 bridgehead atoms. The summed E-state index contributed by atoms with van der Waals surface area (Å²) in [6, 6.07) is 4.85. The normalized spacial score (nSPS) is 12.5. The Morgan fingerprint density at radius 3 is 2.38 bits per heavy atom. The van der Waals surface area contributed by atoms with Gasteiger partial charge in [0.25, 0.3) is 0 Å². The Balaban J connectivity index is 2.98. The van der Waals surface area contributed by atoms with Crippen molar-refractivity contribution in [1.29, 1.82) is 0 Å². The maximum Gasteiger partial charge on any atom is 0.122 e. The molecule has 0 radical (unpaired) electrons. The fraction of sp³-hybridized carbons (Fsp3) is 0.500. The molecule has 4 N–H and O–H groups in total. The highest BCUT2D eigenvalue weighted by Crippen LogP contribution is 2.27. The second kappa shape index (κ2) is 5.72. The first kappa shape index (κ1) is 12.8. The van der Waals surface area contributed by atoms with E-state index in [1.165, 1.54) is 0 Å². The average Bonchev–Trinajstić information content (AvgIpc) is 2.30. The summed E-state index contributed by atoms with van der Waals surface area (Å²) in [4.78, 5) is 2.13. The number of aromatic hydroxyl groups is 1.